The molecule has 5 heteroatoms. The Morgan fingerprint density at radius 3 is 2.36 bits per heavy atom. The predicted octanol–water partition coefficient (Wildman–Crippen LogP) is 2.99. The number of unbranched alkanes of at least 4 members (excludes halogenated alkanes) is 1. The van der Waals surface area contributed by atoms with Gasteiger partial charge in [0.1, 0.15) is 0 Å². The molecule has 1 heterocycles. The smallest absolute Gasteiger partial charge is 0.238 e. The van der Waals surface area contributed by atoms with E-state index >= 15 is 0 Å². The van der Waals surface area contributed by atoms with E-state index in [1.165, 1.54) is 0 Å². The third-order valence-corrected chi connectivity index (χ3v) is 4.86. The van der Waals surface area contributed by atoms with Gasteiger partial charge >= 0.3 is 0 Å². The number of piperazine rings is 1. The Morgan fingerprint density at radius 2 is 1.76 bits per heavy atom. The first-order valence-corrected chi connectivity index (χ1v) is 9.50. The molecule has 1 atom stereocenters. The zero-order chi connectivity index (χ0) is 18.1. The van der Waals surface area contributed by atoms with Crippen molar-refractivity contribution >= 4 is 17.5 Å². The van der Waals surface area contributed by atoms with Crippen LogP contribution in [0.4, 0.5) is 5.69 Å². The number of nitrogens with zero attached hydrogens (tertiary/aromatic N) is 2. The van der Waals surface area contributed by atoms with Gasteiger partial charge in [0, 0.05) is 37.8 Å². The predicted molar refractivity (Wildman–Crippen MR) is 101 cm³/mol. The lowest BCUT2D eigenvalue weighted by atomic mass is 9.97. The number of para-hydroxylation sites is 1. The quantitative estimate of drug-likeness (QED) is 0.788. The molecule has 1 saturated heterocycles. The molecule has 1 aromatic rings. The molecule has 0 spiro atoms. The molecule has 1 N–H and O–H groups in total. The average molecular weight is 345 g/mol. The van der Waals surface area contributed by atoms with Gasteiger partial charge in [0.05, 0.1) is 6.54 Å². The van der Waals surface area contributed by atoms with Crippen LogP contribution in [0.5, 0.6) is 0 Å². The molecule has 1 aliphatic rings. The fourth-order valence-electron chi connectivity index (χ4n) is 3.26. The van der Waals surface area contributed by atoms with Crippen LogP contribution in [0.2, 0.25) is 0 Å². The van der Waals surface area contributed by atoms with Crippen molar-refractivity contribution in [1.29, 1.82) is 0 Å². The molecule has 2 amide bonds. The van der Waals surface area contributed by atoms with E-state index in [0.717, 1.165) is 57.5 Å². The van der Waals surface area contributed by atoms with E-state index in [4.69, 9.17) is 0 Å². The normalized spacial score (nSPS) is 16.5. The first-order valence-electron chi connectivity index (χ1n) is 9.50. The number of amides is 2. The standard InChI is InChI=1S/C20H31N3O2/c1-3-5-9-17(4-2)20(25)23-14-12-22(13-15-23)16-19(24)21-18-10-7-6-8-11-18/h6-8,10-11,17H,3-5,9,12-16H2,1-2H3,(H,21,24). The van der Waals surface area contributed by atoms with Gasteiger partial charge in [0.2, 0.25) is 11.8 Å². The van der Waals surface area contributed by atoms with Gasteiger partial charge in [0.15, 0.2) is 0 Å². The third kappa shape index (κ3) is 6.16. The van der Waals surface area contributed by atoms with E-state index in [9.17, 15) is 9.59 Å². The van der Waals surface area contributed by atoms with E-state index in [1.54, 1.807) is 0 Å². The fourth-order valence-corrected chi connectivity index (χ4v) is 3.26. The van der Waals surface area contributed by atoms with Crippen LogP contribution in [-0.2, 0) is 9.59 Å². The summed E-state index contributed by atoms with van der Waals surface area (Å²) in [7, 11) is 0. The second-order valence-corrected chi connectivity index (χ2v) is 6.76. The highest BCUT2D eigenvalue weighted by Crippen LogP contribution is 2.17. The average Bonchev–Trinajstić information content (AvgIpc) is 2.63. The molecule has 0 radical (unpaired) electrons. The highest BCUT2D eigenvalue weighted by Gasteiger charge is 2.26. The molecule has 1 unspecified atom stereocenters. The molecule has 0 bridgehead atoms. The van der Waals surface area contributed by atoms with Crippen LogP contribution in [0.1, 0.15) is 39.5 Å². The second-order valence-electron chi connectivity index (χ2n) is 6.76. The Hall–Kier alpha value is -1.88. The largest absolute Gasteiger partial charge is 0.340 e. The van der Waals surface area contributed by atoms with Crippen molar-refractivity contribution in [2.45, 2.75) is 39.5 Å². The monoisotopic (exact) mass is 345 g/mol. The summed E-state index contributed by atoms with van der Waals surface area (Å²) in [5.74, 6) is 0.456. The molecule has 138 valence electrons. The van der Waals surface area contributed by atoms with Crippen molar-refractivity contribution in [2.75, 3.05) is 38.0 Å². The maximum Gasteiger partial charge on any atom is 0.238 e. The summed E-state index contributed by atoms with van der Waals surface area (Å²) in [6.45, 7) is 7.61. The molecule has 2 rings (SSSR count). The Morgan fingerprint density at radius 1 is 1.08 bits per heavy atom. The molecular weight excluding hydrogens is 314 g/mol. The molecule has 1 aliphatic heterocycles. The summed E-state index contributed by atoms with van der Waals surface area (Å²) in [5, 5.41) is 2.91. The SMILES string of the molecule is CCCCC(CC)C(=O)N1CCN(CC(=O)Nc2ccccc2)CC1. The third-order valence-electron chi connectivity index (χ3n) is 4.86. The number of nitrogens with one attached hydrogen (secondary N) is 1. The van der Waals surface area contributed by atoms with Crippen molar-refractivity contribution in [2.24, 2.45) is 5.92 Å². The summed E-state index contributed by atoms with van der Waals surface area (Å²) >= 11 is 0. The van der Waals surface area contributed by atoms with Gasteiger partial charge < -0.3 is 10.2 Å². The van der Waals surface area contributed by atoms with E-state index < -0.39 is 0 Å². The van der Waals surface area contributed by atoms with Gasteiger partial charge in [-0.2, -0.15) is 0 Å². The van der Waals surface area contributed by atoms with Crippen molar-refractivity contribution in [1.82, 2.24) is 9.80 Å². The second kappa shape index (κ2) is 10.2. The van der Waals surface area contributed by atoms with E-state index in [0.29, 0.717) is 12.5 Å². The summed E-state index contributed by atoms with van der Waals surface area (Å²) in [6.07, 6.45) is 4.15. The number of benzene rings is 1. The number of hydrogen-bond acceptors (Lipinski definition) is 3. The van der Waals surface area contributed by atoms with Crippen molar-refractivity contribution in [3.8, 4) is 0 Å². The van der Waals surface area contributed by atoms with E-state index in [-0.39, 0.29) is 11.8 Å². The molecule has 0 aliphatic carbocycles. The van der Waals surface area contributed by atoms with Crippen LogP contribution in [-0.4, -0.2) is 54.3 Å². The molecule has 1 aromatic carbocycles. The van der Waals surface area contributed by atoms with Crippen LogP contribution in [0, 0.1) is 5.92 Å². The minimum Gasteiger partial charge on any atom is -0.340 e. The summed E-state index contributed by atoms with van der Waals surface area (Å²) < 4.78 is 0. The van der Waals surface area contributed by atoms with Crippen molar-refractivity contribution < 1.29 is 9.59 Å². The van der Waals surface area contributed by atoms with Crippen molar-refractivity contribution in [3.05, 3.63) is 30.3 Å². The molecule has 25 heavy (non-hydrogen) atoms. The van der Waals surface area contributed by atoms with Crippen LogP contribution in [0.15, 0.2) is 30.3 Å². The maximum atomic E-state index is 12.6. The highest BCUT2D eigenvalue weighted by molar-refractivity contribution is 5.92. The zero-order valence-corrected chi connectivity index (χ0v) is 15.5. The first-order chi connectivity index (χ1) is 12.1. The summed E-state index contributed by atoms with van der Waals surface area (Å²) in [5.41, 5.74) is 0.822. The van der Waals surface area contributed by atoms with Gasteiger partial charge in [-0.3, -0.25) is 14.5 Å². The maximum absolute atomic E-state index is 12.6. The number of carbonyl (C=O) groups is 2. The Labute approximate surface area is 151 Å². The number of carbonyl (C=O) groups excluding carboxylic acids is 2. The topological polar surface area (TPSA) is 52.7 Å². The minimum absolute atomic E-state index is 0.000331. The van der Waals surface area contributed by atoms with Gasteiger partial charge in [-0.05, 0) is 25.0 Å². The van der Waals surface area contributed by atoms with Crippen LogP contribution in [0.25, 0.3) is 0 Å². The number of hydrogen-bond donors (Lipinski definition) is 1. The summed E-state index contributed by atoms with van der Waals surface area (Å²) in [6, 6.07) is 9.51. The Kier molecular flexibility index (Phi) is 7.92. The van der Waals surface area contributed by atoms with Crippen LogP contribution < -0.4 is 5.32 Å². The van der Waals surface area contributed by atoms with E-state index in [2.05, 4.69) is 24.1 Å². The Bertz CT molecular complexity index is 539. The first kappa shape index (κ1) is 19.4. The molecular formula is C20H31N3O2. The minimum atomic E-state index is 0.000331. The lowest BCUT2D eigenvalue weighted by molar-refractivity contribution is -0.137. The van der Waals surface area contributed by atoms with Crippen LogP contribution in [0.3, 0.4) is 0 Å². The molecule has 0 saturated carbocycles. The lowest BCUT2D eigenvalue weighted by Gasteiger charge is -2.36. The zero-order valence-electron chi connectivity index (χ0n) is 15.5. The number of anilines is 1. The molecule has 0 aromatic heterocycles. The summed E-state index contributed by atoms with van der Waals surface area (Å²) in [4.78, 5) is 28.9. The molecule has 1 fully saturated rings. The highest BCUT2D eigenvalue weighted by atomic mass is 16.2. The van der Waals surface area contributed by atoms with Gasteiger partial charge in [-0.25, -0.2) is 0 Å². The van der Waals surface area contributed by atoms with Gasteiger partial charge in [-0.15, -0.1) is 0 Å². The van der Waals surface area contributed by atoms with Gasteiger partial charge in [-0.1, -0.05) is 44.9 Å². The number of rotatable bonds is 8. The molecule has 5 nitrogen and oxygen atoms in total. The Balaban J connectivity index is 1.75. The fraction of sp³-hybridized carbons (Fsp3) is 0.600. The lowest BCUT2D eigenvalue weighted by Crippen LogP contribution is -2.51. The van der Waals surface area contributed by atoms with Crippen LogP contribution >= 0.6 is 0 Å². The van der Waals surface area contributed by atoms with Gasteiger partial charge in [0.25, 0.3) is 0 Å². The van der Waals surface area contributed by atoms with E-state index in [1.807, 2.05) is 35.2 Å². The van der Waals surface area contributed by atoms with Crippen molar-refractivity contribution in [3.63, 3.8) is 0 Å².